The molecule has 0 bridgehead atoms. The van der Waals surface area contributed by atoms with Crippen molar-refractivity contribution in [1.29, 1.82) is 0 Å². The molecule has 0 N–H and O–H groups in total. The van der Waals surface area contributed by atoms with Gasteiger partial charge in [-0.25, -0.2) is 16.8 Å². The van der Waals surface area contributed by atoms with Gasteiger partial charge in [0.05, 0.1) is 9.79 Å². The normalized spacial score (nSPS) is 17.7. The lowest BCUT2D eigenvalue weighted by atomic mass is 10.2. The van der Waals surface area contributed by atoms with Gasteiger partial charge in [-0.2, -0.15) is 0 Å². The zero-order valence-corrected chi connectivity index (χ0v) is 9.60. The van der Waals surface area contributed by atoms with E-state index in [1.807, 2.05) is 0 Å². The van der Waals surface area contributed by atoms with Crippen LogP contribution in [0.1, 0.15) is 5.56 Å². The van der Waals surface area contributed by atoms with E-state index in [1.165, 1.54) is 24.3 Å². The predicted molar refractivity (Wildman–Crippen MR) is 55.7 cm³/mol. The van der Waals surface area contributed by atoms with Gasteiger partial charge in [0, 0.05) is 21.7 Å². The molecule has 0 spiro atoms. The second-order valence-corrected chi connectivity index (χ2v) is 7.29. The summed E-state index contributed by atoms with van der Waals surface area (Å²) in [6, 6.07) is 3.96. The van der Waals surface area contributed by atoms with Crippen LogP contribution in [0.2, 0.25) is 0 Å². The van der Waals surface area contributed by atoms with E-state index in [2.05, 4.69) is 0 Å². The minimum absolute atomic E-state index is 0.0239. The van der Waals surface area contributed by atoms with E-state index in [-0.39, 0.29) is 15.4 Å². The quantitative estimate of drug-likeness (QED) is 0.719. The summed E-state index contributed by atoms with van der Waals surface area (Å²) in [4.78, 5) is -0.205. The minimum atomic E-state index is -3.92. The first-order chi connectivity index (χ1) is 6.82. The van der Waals surface area contributed by atoms with Gasteiger partial charge in [0.2, 0.25) is 0 Å². The molecule has 0 atom stereocenters. The monoisotopic (exact) mass is 264 g/mol. The van der Waals surface area contributed by atoms with E-state index in [4.69, 9.17) is 10.7 Å². The van der Waals surface area contributed by atoms with Crippen LogP contribution in [-0.4, -0.2) is 16.8 Å². The Bertz CT molecular complexity index is 656. The fraction of sp³-hybridized carbons (Fsp3) is 0. The van der Waals surface area contributed by atoms with E-state index in [1.54, 1.807) is 0 Å². The van der Waals surface area contributed by atoms with Crippen LogP contribution in [-0.2, 0) is 18.9 Å². The third-order valence-corrected chi connectivity index (χ3v) is 4.85. The van der Waals surface area contributed by atoms with Gasteiger partial charge >= 0.3 is 0 Å². The molecular weight excluding hydrogens is 260 g/mol. The van der Waals surface area contributed by atoms with Crippen molar-refractivity contribution in [2.24, 2.45) is 0 Å². The molecule has 0 radical (unpaired) electrons. The Balaban J connectivity index is 2.88. The topological polar surface area (TPSA) is 68.3 Å². The number of hydrogen-bond donors (Lipinski definition) is 0. The second kappa shape index (κ2) is 3.07. The Hall–Kier alpha value is -0.850. The summed E-state index contributed by atoms with van der Waals surface area (Å²) in [5, 5.41) is 0.962. The van der Waals surface area contributed by atoms with Crippen LogP contribution in [0.4, 0.5) is 0 Å². The second-order valence-electron chi connectivity index (χ2n) is 2.95. The van der Waals surface area contributed by atoms with Crippen LogP contribution < -0.4 is 0 Å². The Labute approximate surface area is 91.5 Å². The van der Waals surface area contributed by atoms with Crippen molar-refractivity contribution in [3.8, 4) is 0 Å². The maximum absolute atomic E-state index is 11.4. The Morgan fingerprint density at radius 2 is 1.87 bits per heavy atom. The summed E-state index contributed by atoms with van der Waals surface area (Å²) in [6.45, 7) is 0. The Kier molecular flexibility index (Phi) is 2.18. The summed E-state index contributed by atoms with van der Waals surface area (Å²) < 4.78 is 45.1. The molecule has 0 saturated carbocycles. The molecular formula is C8H5ClO4S2. The van der Waals surface area contributed by atoms with E-state index in [0.717, 1.165) is 5.41 Å². The van der Waals surface area contributed by atoms with Gasteiger partial charge in [0.25, 0.3) is 9.05 Å². The van der Waals surface area contributed by atoms with Crippen molar-refractivity contribution in [2.45, 2.75) is 9.79 Å². The standard InChI is InChI=1S/C8H5ClO4S2/c9-15(12,13)8-3-1-2-7-6(8)4-5-14(7,10)11/h1-5H. The third kappa shape index (κ3) is 1.68. The van der Waals surface area contributed by atoms with Gasteiger partial charge < -0.3 is 0 Å². The first-order valence-corrected chi connectivity index (χ1v) is 7.69. The van der Waals surface area contributed by atoms with Gasteiger partial charge in [0.1, 0.15) is 0 Å². The molecule has 1 aromatic carbocycles. The lowest BCUT2D eigenvalue weighted by Crippen LogP contribution is -1.98. The lowest BCUT2D eigenvalue weighted by Gasteiger charge is -2.02. The Morgan fingerprint density at radius 3 is 2.47 bits per heavy atom. The summed E-state index contributed by atoms with van der Waals surface area (Å²) in [5.74, 6) is 0. The van der Waals surface area contributed by atoms with Crippen LogP contribution >= 0.6 is 10.7 Å². The molecule has 4 nitrogen and oxygen atoms in total. The van der Waals surface area contributed by atoms with Crippen LogP contribution in [0.15, 0.2) is 33.4 Å². The molecule has 0 aromatic heterocycles. The van der Waals surface area contributed by atoms with E-state index in [9.17, 15) is 16.8 Å². The maximum atomic E-state index is 11.4. The average molecular weight is 265 g/mol. The highest BCUT2D eigenvalue weighted by atomic mass is 35.7. The van der Waals surface area contributed by atoms with Crippen molar-refractivity contribution in [2.75, 3.05) is 0 Å². The number of sulfone groups is 1. The number of fused-ring (bicyclic) bond motifs is 1. The summed E-state index contributed by atoms with van der Waals surface area (Å²) in [6.07, 6.45) is 1.24. The molecule has 7 heteroatoms. The first-order valence-electron chi connectivity index (χ1n) is 3.83. The zero-order chi connectivity index (χ0) is 11.3. The van der Waals surface area contributed by atoms with E-state index in [0.29, 0.717) is 0 Å². The van der Waals surface area contributed by atoms with Crippen LogP contribution in [0, 0.1) is 0 Å². The molecule has 15 heavy (non-hydrogen) atoms. The molecule has 0 unspecified atom stereocenters. The van der Waals surface area contributed by atoms with Crippen LogP contribution in [0.25, 0.3) is 6.08 Å². The average Bonchev–Trinajstić information content (AvgIpc) is 2.41. The summed E-state index contributed by atoms with van der Waals surface area (Å²) in [7, 11) is -2.23. The zero-order valence-electron chi connectivity index (χ0n) is 7.21. The highest BCUT2D eigenvalue weighted by Crippen LogP contribution is 2.32. The number of hydrogen-bond acceptors (Lipinski definition) is 4. The first kappa shape index (κ1) is 10.7. The maximum Gasteiger partial charge on any atom is 0.261 e. The van der Waals surface area contributed by atoms with Gasteiger partial charge in [-0.1, -0.05) is 6.07 Å². The minimum Gasteiger partial charge on any atom is -0.219 e. The van der Waals surface area contributed by atoms with Gasteiger partial charge in [-0.3, -0.25) is 0 Å². The number of halogens is 1. The highest BCUT2D eigenvalue weighted by Gasteiger charge is 2.26. The van der Waals surface area contributed by atoms with Crippen molar-refractivity contribution in [1.82, 2.24) is 0 Å². The largest absolute Gasteiger partial charge is 0.261 e. The molecule has 0 aliphatic carbocycles. The molecule has 1 aliphatic rings. The van der Waals surface area contributed by atoms with Gasteiger partial charge in [-0.15, -0.1) is 0 Å². The van der Waals surface area contributed by atoms with Crippen molar-refractivity contribution < 1.29 is 16.8 Å². The molecule has 0 fully saturated rings. The van der Waals surface area contributed by atoms with Crippen LogP contribution in [0.5, 0.6) is 0 Å². The van der Waals surface area contributed by atoms with Crippen molar-refractivity contribution in [3.05, 3.63) is 29.2 Å². The van der Waals surface area contributed by atoms with E-state index < -0.39 is 18.9 Å². The summed E-state index contributed by atoms with van der Waals surface area (Å²) in [5.41, 5.74) is 0.132. The third-order valence-electron chi connectivity index (χ3n) is 2.01. The SMILES string of the molecule is O=S(=O)(Cl)c1cccc2c1C=CS2(=O)=O. The van der Waals surface area contributed by atoms with E-state index >= 15 is 0 Å². The van der Waals surface area contributed by atoms with Gasteiger partial charge in [-0.05, 0) is 18.2 Å². The molecule has 1 heterocycles. The lowest BCUT2D eigenvalue weighted by molar-refractivity contribution is 0.605. The van der Waals surface area contributed by atoms with Crippen molar-refractivity contribution in [3.63, 3.8) is 0 Å². The molecule has 80 valence electrons. The molecule has 1 aliphatic heterocycles. The summed E-state index contributed by atoms with van der Waals surface area (Å²) >= 11 is 0. The molecule has 1 aromatic rings. The molecule has 0 saturated heterocycles. The van der Waals surface area contributed by atoms with Crippen LogP contribution in [0.3, 0.4) is 0 Å². The molecule has 2 rings (SSSR count). The highest BCUT2D eigenvalue weighted by molar-refractivity contribution is 8.13. The predicted octanol–water partition coefficient (Wildman–Crippen LogP) is 1.37. The fourth-order valence-electron chi connectivity index (χ4n) is 1.38. The Morgan fingerprint density at radius 1 is 1.20 bits per heavy atom. The number of benzene rings is 1. The fourth-order valence-corrected chi connectivity index (χ4v) is 3.74. The number of rotatable bonds is 1. The smallest absolute Gasteiger partial charge is 0.219 e. The van der Waals surface area contributed by atoms with Gasteiger partial charge in [0.15, 0.2) is 9.84 Å². The van der Waals surface area contributed by atoms with Crippen molar-refractivity contribution >= 4 is 35.6 Å². The molecule has 0 amide bonds.